The van der Waals surface area contributed by atoms with Crippen molar-refractivity contribution in [3.8, 4) is 0 Å². The molecule has 0 amide bonds. The van der Waals surface area contributed by atoms with Gasteiger partial charge in [-0.05, 0) is 64.4 Å². The average Bonchev–Trinajstić information content (AvgIpc) is 2.55. The van der Waals surface area contributed by atoms with Gasteiger partial charge in [-0.15, -0.1) is 0 Å². The SMILES string of the molecule is CCCN1C(I)(I)C(I)N(C(CC)C(CC)OC)C1(F)F. The Kier molecular flexibility index (Phi) is 8.33. The Morgan fingerprint density at radius 1 is 1.19 bits per heavy atom. The van der Waals surface area contributed by atoms with Gasteiger partial charge in [-0.3, -0.25) is 0 Å². The molecule has 0 N–H and O–H groups in total. The smallest absolute Gasteiger partial charge is 0.372 e. The predicted octanol–water partition coefficient (Wildman–Crippen LogP) is 5.05. The molecule has 1 aliphatic rings. The summed E-state index contributed by atoms with van der Waals surface area (Å²) in [4.78, 5) is 2.68. The molecule has 3 unspecified atom stereocenters. The molecule has 0 spiro atoms. The quantitative estimate of drug-likeness (QED) is 0.220. The van der Waals surface area contributed by atoms with Crippen molar-refractivity contribution in [2.75, 3.05) is 13.7 Å². The van der Waals surface area contributed by atoms with Crippen LogP contribution in [0.4, 0.5) is 8.78 Å². The molecule has 0 radical (unpaired) electrons. The molecule has 1 heterocycles. The van der Waals surface area contributed by atoms with Crippen molar-refractivity contribution in [3.63, 3.8) is 0 Å². The van der Waals surface area contributed by atoms with Gasteiger partial charge >= 0.3 is 6.17 Å². The van der Waals surface area contributed by atoms with Crippen molar-refractivity contribution in [2.45, 2.75) is 64.0 Å². The molecule has 0 bridgehead atoms. The highest BCUT2D eigenvalue weighted by Gasteiger charge is 2.66. The van der Waals surface area contributed by atoms with E-state index in [1.807, 2.05) is 20.8 Å². The lowest BCUT2D eigenvalue weighted by Crippen LogP contribution is -2.55. The van der Waals surface area contributed by atoms with E-state index in [1.54, 1.807) is 7.11 Å². The first-order valence-corrected chi connectivity index (χ1v) is 10.6. The van der Waals surface area contributed by atoms with Crippen LogP contribution in [0.15, 0.2) is 0 Å². The molecule has 0 saturated carbocycles. The van der Waals surface area contributed by atoms with Crippen LogP contribution in [0.1, 0.15) is 40.0 Å². The number of alkyl halides is 5. The van der Waals surface area contributed by atoms with Crippen molar-refractivity contribution in [1.29, 1.82) is 0 Å². The van der Waals surface area contributed by atoms with Gasteiger partial charge in [-0.2, -0.15) is 8.78 Å². The molecule has 0 aromatic rings. The van der Waals surface area contributed by atoms with Crippen molar-refractivity contribution in [1.82, 2.24) is 9.80 Å². The average molecular weight is 642 g/mol. The van der Waals surface area contributed by atoms with Crippen LogP contribution in [-0.2, 0) is 4.74 Å². The van der Waals surface area contributed by atoms with E-state index in [1.165, 1.54) is 9.80 Å². The van der Waals surface area contributed by atoms with Gasteiger partial charge in [-0.1, -0.05) is 43.4 Å². The number of nitrogens with zero attached hydrogens (tertiary/aromatic N) is 2. The van der Waals surface area contributed by atoms with E-state index in [2.05, 4.69) is 67.8 Å². The second-order valence-electron chi connectivity index (χ2n) is 5.15. The molecule has 1 aliphatic heterocycles. The maximum Gasteiger partial charge on any atom is 0.372 e. The molecule has 21 heavy (non-hydrogen) atoms. The van der Waals surface area contributed by atoms with Gasteiger partial charge in [-0.25, -0.2) is 9.80 Å². The lowest BCUT2D eigenvalue weighted by Gasteiger charge is -2.38. The third-order valence-electron chi connectivity index (χ3n) is 3.88. The number of ether oxygens (including phenoxy) is 1. The Labute approximate surface area is 167 Å². The number of hydrogen-bond acceptors (Lipinski definition) is 3. The number of methoxy groups -OCH3 is 1. The number of hydrogen-bond donors (Lipinski definition) is 0. The third-order valence-corrected chi connectivity index (χ3v) is 10.1. The van der Waals surface area contributed by atoms with Gasteiger partial charge in [0.2, 0.25) is 0 Å². The van der Waals surface area contributed by atoms with Crippen molar-refractivity contribution in [3.05, 3.63) is 0 Å². The van der Waals surface area contributed by atoms with Crippen LogP contribution in [-0.4, -0.2) is 47.4 Å². The Morgan fingerprint density at radius 3 is 2.14 bits per heavy atom. The van der Waals surface area contributed by atoms with Crippen LogP contribution in [0.2, 0.25) is 0 Å². The molecular weight excluding hydrogens is 619 g/mol. The Morgan fingerprint density at radius 2 is 1.76 bits per heavy atom. The normalized spacial score (nSPS) is 28.7. The van der Waals surface area contributed by atoms with E-state index in [9.17, 15) is 0 Å². The van der Waals surface area contributed by atoms with E-state index < -0.39 is 7.72 Å². The summed E-state index contributed by atoms with van der Waals surface area (Å²) in [5.74, 6) is 0. The van der Waals surface area contributed by atoms with Crippen LogP contribution in [0.25, 0.3) is 0 Å². The van der Waals surface area contributed by atoms with E-state index >= 15 is 8.78 Å². The van der Waals surface area contributed by atoms with Crippen LogP contribution in [0.5, 0.6) is 0 Å². The molecule has 1 rings (SSSR count). The van der Waals surface area contributed by atoms with Crippen LogP contribution in [0.3, 0.4) is 0 Å². The molecule has 3 atom stereocenters. The fourth-order valence-corrected chi connectivity index (χ4v) is 5.61. The van der Waals surface area contributed by atoms with Crippen LogP contribution < -0.4 is 0 Å². The first-order valence-electron chi connectivity index (χ1n) is 7.18. The van der Waals surface area contributed by atoms with Gasteiger partial charge < -0.3 is 4.74 Å². The van der Waals surface area contributed by atoms with Gasteiger partial charge in [0.15, 0.2) is 1.55 Å². The second-order valence-corrected chi connectivity index (χ2v) is 11.7. The first-order chi connectivity index (χ1) is 9.69. The third kappa shape index (κ3) is 3.96. The Hall–Kier alpha value is 1.93. The highest BCUT2D eigenvalue weighted by atomic mass is 127. The van der Waals surface area contributed by atoms with Crippen molar-refractivity contribution < 1.29 is 13.5 Å². The zero-order valence-electron chi connectivity index (χ0n) is 12.8. The second kappa shape index (κ2) is 8.34. The molecule has 8 heteroatoms. The number of halogens is 5. The summed E-state index contributed by atoms with van der Waals surface area (Å²) < 4.78 is 34.7. The summed E-state index contributed by atoms with van der Waals surface area (Å²) in [7, 11) is 1.61. The molecule has 1 saturated heterocycles. The van der Waals surface area contributed by atoms with E-state index in [-0.39, 0.29) is 16.2 Å². The minimum absolute atomic E-state index is 0.177. The zero-order chi connectivity index (χ0) is 16.4. The monoisotopic (exact) mass is 642 g/mol. The van der Waals surface area contributed by atoms with E-state index in [0.29, 0.717) is 19.4 Å². The fourth-order valence-electron chi connectivity index (χ4n) is 2.86. The Bertz CT molecular complexity index is 343. The maximum absolute atomic E-state index is 15.1. The topological polar surface area (TPSA) is 15.7 Å². The van der Waals surface area contributed by atoms with Crippen LogP contribution >= 0.6 is 67.8 Å². The Balaban J connectivity index is 3.21. The van der Waals surface area contributed by atoms with Crippen molar-refractivity contribution in [2.24, 2.45) is 0 Å². The van der Waals surface area contributed by atoms with Gasteiger partial charge in [0.1, 0.15) is 4.05 Å². The molecular formula is C13H23F2I3N2O. The van der Waals surface area contributed by atoms with Crippen LogP contribution in [0, 0.1) is 0 Å². The lowest BCUT2D eigenvalue weighted by atomic mass is 10.0. The molecule has 0 aromatic heterocycles. The minimum Gasteiger partial charge on any atom is -0.380 e. The number of rotatable bonds is 7. The summed E-state index contributed by atoms with van der Waals surface area (Å²) >= 11 is 6.47. The van der Waals surface area contributed by atoms with Crippen molar-refractivity contribution >= 4 is 67.8 Å². The molecule has 0 aliphatic carbocycles. The predicted molar refractivity (Wildman–Crippen MR) is 108 cm³/mol. The lowest BCUT2D eigenvalue weighted by molar-refractivity contribution is -0.234. The van der Waals surface area contributed by atoms with Gasteiger partial charge in [0, 0.05) is 19.7 Å². The van der Waals surface area contributed by atoms with Gasteiger partial charge in [0.25, 0.3) is 0 Å². The molecule has 126 valence electrons. The fraction of sp³-hybridized carbons (Fsp3) is 1.00. The molecule has 0 aromatic carbocycles. The summed E-state index contributed by atoms with van der Waals surface area (Å²) in [6.07, 6.45) is -1.04. The maximum atomic E-state index is 15.1. The largest absolute Gasteiger partial charge is 0.380 e. The van der Waals surface area contributed by atoms with Gasteiger partial charge in [0.05, 0.1) is 6.10 Å². The molecule has 1 fully saturated rings. The summed E-state index contributed by atoms with van der Waals surface area (Å²) in [5, 5.41) is 0. The highest BCUT2D eigenvalue weighted by Crippen LogP contribution is 2.55. The minimum atomic E-state index is -2.95. The van der Waals surface area contributed by atoms with E-state index in [4.69, 9.17) is 4.74 Å². The summed E-state index contributed by atoms with van der Waals surface area (Å²) in [5.41, 5.74) is 0. The summed E-state index contributed by atoms with van der Waals surface area (Å²) in [6.45, 7) is 6.26. The zero-order valence-corrected chi connectivity index (χ0v) is 19.2. The molecule has 3 nitrogen and oxygen atoms in total. The summed E-state index contributed by atoms with van der Waals surface area (Å²) in [6, 6.07) is -0.289. The first kappa shape index (κ1) is 21.0. The standard InChI is InChI=1S/C13H23F2I3N2O/c1-5-8-19-12(17,18)11(16)20(13(19,14)15)9(6-2)10(7-3)21-4/h9-11H,5-8H2,1-4H3. The highest BCUT2D eigenvalue weighted by molar-refractivity contribution is 14.2. The van der Waals surface area contributed by atoms with E-state index in [0.717, 1.165) is 6.42 Å².